The Morgan fingerprint density at radius 3 is 2.83 bits per heavy atom. The molecule has 0 saturated carbocycles. The fourth-order valence-corrected chi connectivity index (χ4v) is 1.92. The quantitative estimate of drug-likeness (QED) is 0.686. The highest BCUT2D eigenvalue weighted by Gasteiger charge is 2.25. The van der Waals surface area contributed by atoms with E-state index < -0.39 is 13.1 Å². The molecular weight excluding hydrogens is 233 g/mol. The molecule has 0 bridgehead atoms. The molecule has 1 amide bonds. The minimum absolute atomic E-state index is 0.300. The van der Waals surface area contributed by atoms with Gasteiger partial charge in [0, 0.05) is 12.3 Å². The van der Waals surface area contributed by atoms with Gasteiger partial charge >= 0.3 is 7.12 Å². The lowest BCUT2D eigenvalue weighted by Crippen LogP contribution is -2.47. The number of hydrogen-bond donors (Lipinski definition) is 3. The highest BCUT2D eigenvalue weighted by molar-refractivity contribution is 6.43. The van der Waals surface area contributed by atoms with E-state index in [9.17, 15) is 14.8 Å². The summed E-state index contributed by atoms with van der Waals surface area (Å²) in [6.07, 6.45) is 1.87. The molecule has 3 N–H and O–H groups in total. The van der Waals surface area contributed by atoms with Gasteiger partial charge in [0.15, 0.2) is 0 Å². The molecule has 94 valence electrons. The fraction of sp³-hybridized carbons (Fsp3) is 0.250. The number of furan rings is 1. The largest absolute Gasteiger partial charge is 0.475 e. The van der Waals surface area contributed by atoms with Crippen molar-refractivity contribution in [2.45, 2.75) is 19.3 Å². The first-order chi connectivity index (χ1) is 8.58. The molecule has 0 saturated heterocycles. The van der Waals surface area contributed by atoms with Crippen LogP contribution in [0.4, 0.5) is 0 Å². The SMILES string of the molecule is CC(=O)N[C@@H](Cc1coc2ccccc12)B(O)O. The van der Waals surface area contributed by atoms with Gasteiger partial charge in [-0.05, 0) is 18.1 Å². The summed E-state index contributed by atoms with van der Waals surface area (Å²) in [5.74, 6) is -1.05. The van der Waals surface area contributed by atoms with Crippen LogP contribution in [0, 0.1) is 0 Å². The molecule has 0 unspecified atom stereocenters. The van der Waals surface area contributed by atoms with E-state index in [0.717, 1.165) is 16.5 Å². The maximum absolute atomic E-state index is 11.0. The molecule has 5 nitrogen and oxygen atoms in total. The molecule has 0 fully saturated rings. The predicted octanol–water partition coefficient (Wildman–Crippen LogP) is 0.492. The Kier molecular flexibility index (Phi) is 3.69. The van der Waals surface area contributed by atoms with Crippen molar-refractivity contribution in [1.29, 1.82) is 0 Å². The summed E-state index contributed by atoms with van der Waals surface area (Å²) in [4.78, 5) is 11.0. The average molecular weight is 247 g/mol. The summed E-state index contributed by atoms with van der Waals surface area (Å²) >= 11 is 0. The third kappa shape index (κ3) is 2.72. The van der Waals surface area contributed by atoms with Crippen LogP contribution in [0.15, 0.2) is 34.9 Å². The number of amides is 1. The van der Waals surface area contributed by atoms with Gasteiger partial charge in [-0.1, -0.05) is 18.2 Å². The molecule has 0 aliphatic rings. The molecule has 1 aromatic carbocycles. The van der Waals surface area contributed by atoms with Gasteiger partial charge in [-0.25, -0.2) is 0 Å². The second-order valence-electron chi connectivity index (χ2n) is 4.18. The summed E-state index contributed by atoms with van der Waals surface area (Å²) in [6.45, 7) is 1.34. The molecule has 0 aliphatic heterocycles. The van der Waals surface area contributed by atoms with Crippen LogP contribution in [0.2, 0.25) is 0 Å². The second kappa shape index (κ2) is 5.24. The lowest BCUT2D eigenvalue weighted by Gasteiger charge is -2.15. The van der Waals surface area contributed by atoms with E-state index >= 15 is 0 Å². The van der Waals surface area contributed by atoms with Crippen molar-refractivity contribution < 1.29 is 19.3 Å². The van der Waals surface area contributed by atoms with Crippen molar-refractivity contribution in [1.82, 2.24) is 5.32 Å². The molecule has 6 heteroatoms. The third-order valence-corrected chi connectivity index (χ3v) is 2.75. The van der Waals surface area contributed by atoms with Crippen LogP contribution in [0.3, 0.4) is 0 Å². The maximum atomic E-state index is 11.0. The molecule has 0 aliphatic carbocycles. The predicted molar refractivity (Wildman–Crippen MR) is 67.7 cm³/mol. The van der Waals surface area contributed by atoms with Crippen LogP contribution >= 0.6 is 0 Å². The van der Waals surface area contributed by atoms with E-state index in [2.05, 4.69) is 5.32 Å². The number of nitrogens with one attached hydrogen (secondary N) is 1. The third-order valence-electron chi connectivity index (χ3n) is 2.75. The van der Waals surface area contributed by atoms with Gasteiger partial charge in [0.2, 0.25) is 5.91 Å². The highest BCUT2D eigenvalue weighted by atomic mass is 16.4. The first-order valence-electron chi connectivity index (χ1n) is 5.66. The van der Waals surface area contributed by atoms with E-state index in [1.54, 1.807) is 6.26 Å². The lowest BCUT2D eigenvalue weighted by atomic mass is 9.76. The normalized spacial score (nSPS) is 12.4. The van der Waals surface area contributed by atoms with Crippen LogP contribution in [-0.2, 0) is 11.2 Å². The molecule has 18 heavy (non-hydrogen) atoms. The van der Waals surface area contributed by atoms with E-state index in [1.807, 2.05) is 24.3 Å². The molecule has 0 radical (unpaired) electrons. The number of carbonyl (C=O) groups is 1. The molecule has 1 aromatic heterocycles. The van der Waals surface area contributed by atoms with Crippen LogP contribution in [0.1, 0.15) is 12.5 Å². The zero-order valence-corrected chi connectivity index (χ0v) is 9.96. The number of benzene rings is 1. The van der Waals surface area contributed by atoms with E-state index in [1.165, 1.54) is 6.92 Å². The van der Waals surface area contributed by atoms with Crippen LogP contribution in [0.5, 0.6) is 0 Å². The summed E-state index contributed by atoms with van der Waals surface area (Å²) < 4.78 is 5.36. The molecule has 1 heterocycles. The summed E-state index contributed by atoms with van der Waals surface area (Å²) in [6, 6.07) is 7.47. The van der Waals surface area contributed by atoms with Crippen molar-refractivity contribution in [2.24, 2.45) is 0 Å². The van der Waals surface area contributed by atoms with Gasteiger partial charge in [-0.15, -0.1) is 0 Å². The van der Waals surface area contributed by atoms with Crippen molar-refractivity contribution in [3.8, 4) is 0 Å². The zero-order chi connectivity index (χ0) is 13.1. The monoisotopic (exact) mass is 247 g/mol. The summed E-state index contributed by atoms with van der Waals surface area (Å²) in [5.41, 5.74) is 1.57. The van der Waals surface area contributed by atoms with Gasteiger partial charge < -0.3 is 19.8 Å². The Balaban J connectivity index is 2.23. The zero-order valence-electron chi connectivity index (χ0n) is 9.96. The number of rotatable bonds is 4. The van der Waals surface area contributed by atoms with Crippen molar-refractivity contribution in [3.05, 3.63) is 36.1 Å². The molecule has 2 aromatic rings. The fourth-order valence-electron chi connectivity index (χ4n) is 1.92. The Hall–Kier alpha value is -1.79. The topological polar surface area (TPSA) is 82.7 Å². The minimum Gasteiger partial charge on any atom is -0.464 e. The number of fused-ring (bicyclic) bond motifs is 1. The van der Waals surface area contributed by atoms with E-state index in [4.69, 9.17) is 4.42 Å². The highest BCUT2D eigenvalue weighted by Crippen LogP contribution is 2.21. The first kappa shape index (κ1) is 12.7. The molecule has 2 rings (SSSR count). The van der Waals surface area contributed by atoms with Crippen LogP contribution in [-0.4, -0.2) is 29.0 Å². The van der Waals surface area contributed by atoms with Gasteiger partial charge in [0.05, 0.1) is 12.2 Å². The minimum atomic E-state index is -1.61. The standard InChI is InChI=1S/C12H14BNO4/c1-8(15)14-12(13(16)17)6-9-7-18-11-5-3-2-4-10(9)11/h2-5,7,12,16-17H,6H2,1H3,(H,14,15)/t12-/m0/s1. The van der Waals surface area contributed by atoms with Gasteiger partial charge in [0.25, 0.3) is 0 Å². The number of hydrogen-bond acceptors (Lipinski definition) is 4. The maximum Gasteiger partial charge on any atom is 0.475 e. The first-order valence-corrected chi connectivity index (χ1v) is 5.66. The Bertz CT molecular complexity index is 552. The Morgan fingerprint density at radius 2 is 2.17 bits per heavy atom. The lowest BCUT2D eigenvalue weighted by molar-refractivity contribution is -0.119. The van der Waals surface area contributed by atoms with Crippen molar-refractivity contribution in [3.63, 3.8) is 0 Å². The average Bonchev–Trinajstić information content (AvgIpc) is 2.71. The summed E-state index contributed by atoms with van der Waals surface area (Å²) in [7, 11) is -1.61. The van der Waals surface area contributed by atoms with Crippen molar-refractivity contribution in [2.75, 3.05) is 0 Å². The van der Waals surface area contributed by atoms with E-state index in [0.29, 0.717) is 6.42 Å². The smallest absolute Gasteiger partial charge is 0.464 e. The van der Waals surface area contributed by atoms with Crippen LogP contribution < -0.4 is 5.32 Å². The second-order valence-corrected chi connectivity index (χ2v) is 4.18. The molecule has 1 atom stereocenters. The van der Waals surface area contributed by atoms with Crippen molar-refractivity contribution >= 4 is 24.0 Å². The van der Waals surface area contributed by atoms with Gasteiger partial charge in [0.1, 0.15) is 5.58 Å². The van der Waals surface area contributed by atoms with E-state index in [-0.39, 0.29) is 5.91 Å². The molecule has 0 spiro atoms. The number of para-hydroxylation sites is 1. The van der Waals surface area contributed by atoms with Gasteiger partial charge in [-0.3, -0.25) is 4.79 Å². The number of carbonyl (C=O) groups excluding carboxylic acids is 1. The van der Waals surface area contributed by atoms with Crippen LogP contribution in [0.25, 0.3) is 11.0 Å². The molecular formula is C12H14BNO4. The Labute approximate surface area is 105 Å². The van der Waals surface area contributed by atoms with Gasteiger partial charge in [-0.2, -0.15) is 0 Å². The Morgan fingerprint density at radius 1 is 1.44 bits per heavy atom. The summed E-state index contributed by atoms with van der Waals surface area (Å²) in [5, 5.41) is 21.9.